The van der Waals surface area contributed by atoms with E-state index < -0.39 is 0 Å². The molecule has 0 aliphatic carbocycles. The number of carbonyl (C=O) groups is 1. The molecule has 2 amide bonds. The maximum absolute atomic E-state index is 13.0. The van der Waals surface area contributed by atoms with Crippen LogP contribution in [0.2, 0.25) is 0 Å². The Balaban J connectivity index is 1.79. The largest absolute Gasteiger partial charge is 0.321 e. The van der Waals surface area contributed by atoms with E-state index in [1.54, 1.807) is 0 Å². The van der Waals surface area contributed by atoms with E-state index in [0.29, 0.717) is 0 Å². The van der Waals surface area contributed by atoms with Crippen LogP contribution in [0.1, 0.15) is 43.5 Å². The van der Waals surface area contributed by atoms with Crippen LogP contribution in [0.4, 0.5) is 4.79 Å². The van der Waals surface area contributed by atoms with Crippen LogP contribution in [-0.2, 0) is 0 Å². The molecule has 0 unspecified atom stereocenters. The molecule has 23 heavy (non-hydrogen) atoms. The number of rotatable bonds is 4. The van der Waals surface area contributed by atoms with E-state index in [4.69, 9.17) is 0 Å². The van der Waals surface area contributed by atoms with Crippen LogP contribution in [0, 0.1) is 0 Å². The van der Waals surface area contributed by atoms with Gasteiger partial charge in [-0.3, -0.25) is 0 Å². The fourth-order valence-corrected chi connectivity index (χ4v) is 3.31. The summed E-state index contributed by atoms with van der Waals surface area (Å²) < 4.78 is 0. The monoisotopic (exact) mass is 308 g/mol. The number of benzene rings is 2. The molecule has 2 atom stereocenters. The van der Waals surface area contributed by atoms with Gasteiger partial charge in [-0.1, -0.05) is 60.7 Å². The average molecular weight is 308 g/mol. The third-order valence-corrected chi connectivity index (χ3v) is 4.79. The maximum atomic E-state index is 13.0. The predicted molar refractivity (Wildman–Crippen MR) is 93.1 cm³/mol. The Morgan fingerprint density at radius 2 is 1.13 bits per heavy atom. The fourth-order valence-electron chi connectivity index (χ4n) is 3.31. The summed E-state index contributed by atoms with van der Waals surface area (Å²) in [7, 11) is 0. The summed E-state index contributed by atoms with van der Waals surface area (Å²) in [6.45, 7) is 5.88. The minimum absolute atomic E-state index is 0.106. The summed E-state index contributed by atoms with van der Waals surface area (Å²) >= 11 is 0. The Kier molecular flexibility index (Phi) is 4.65. The zero-order valence-corrected chi connectivity index (χ0v) is 13.9. The highest BCUT2D eigenvalue weighted by Crippen LogP contribution is 2.29. The SMILES string of the molecule is C[C@@H](c1ccccc1)N1CCCN([C@@H](C)c2ccccc2)C1=O. The van der Waals surface area contributed by atoms with Gasteiger partial charge in [-0.25, -0.2) is 4.79 Å². The van der Waals surface area contributed by atoms with Gasteiger partial charge in [-0.2, -0.15) is 0 Å². The summed E-state index contributed by atoms with van der Waals surface area (Å²) in [5.74, 6) is 0. The first-order valence-electron chi connectivity index (χ1n) is 8.35. The van der Waals surface area contributed by atoms with E-state index in [9.17, 15) is 4.79 Å². The highest BCUT2D eigenvalue weighted by atomic mass is 16.2. The van der Waals surface area contributed by atoms with Gasteiger partial charge in [-0.05, 0) is 31.4 Å². The molecule has 3 nitrogen and oxygen atoms in total. The molecule has 1 heterocycles. The highest BCUT2D eigenvalue weighted by Gasteiger charge is 2.32. The molecule has 2 aromatic rings. The molecule has 1 fully saturated rings. The van der Waals surface area contributed by atoms with Crippen LogP contribution >= 0.6 is 0 Å². The molecule has 1 saturated heterocycles. The van der Waals surface area contributed by atoms with Crippen molar-refractivity contribution in [3.8, 4) is 0 Å². The van der Waals surface area contributed by atoms with Crippen molar-refractivity contribution in [3.05, 3.63) is 71.8 Å². The lowest BCUT2D eigenvalue weighted by atomic mass is 10.0. The van der Waals surface area contributed by atoms with Crippen molar-refractivity contribution in [3.63, 3.8) is 0 Å². The number of hydrogen-bond donors (Lipinski definition) is 0. The first kappa shape index (κ1) is 15.6. The average Bonchev–Trinajstić information content (AvgIpc) is 2.62. The number of urea groups is 1. The lowest BCUT2D eigenvalue weighted by Gasteiger charge is -2.42. The van der Waals surface area contributed by atoms with Gasteiger partial charge in [0.25, 0.3) is 0 Å². The number of hydrogen-bond acceptors (Lipinski definition) is 1. The molecule has 0 aromatic heterocycles. The third-order valence-electron chi connectivity index (χ3n) is 4.79. The second kappa shape index (κ2) is 6.86. The van der Waals surface area contributed by atoms with Gasteiger partial charge in [0.1, 0.15) is 0 Å². The minimum Gasteiger partial charge on any atom is -0.318 e. The first-order chi connectivity index (χ1) is 11.2. The van der Waals surface area contributed by atoms with Gasteiger partial charge in [0, 0.05) is 13.1 Å². The number of carbonyl (C=O) groups excluding carboxylic acids is 1. The van der Waals surface area contributed by atoms with Crippen LogP contribution < -0.4 is 0 Å². The van der Waals surface area contributed by atoms with Crippen molar-refractivity contribution < 1.29 is 4.79 Å². The summed E-state index contributed by atoms with van der Waals surface area (Å²) in [6.07, 6.45) is 1.01. The molecule has 1 aliphatic rings. The first-order valence-corrected chi connectivity index (χ1v) is 8.35. The van der Waals surface area contributed by atoms with Gasteiger partial charge in [0.15, 0.2) is 0 Å². The topological polar surface area (TPSA) is 23.6 Å². The standard InChI is InChI=1S/C20H24N2O/c1-16(18-10-5-3-6-11-18)21-14-9-15-22(20(21)23)17(2)19-12-7-4-8-13-19/h3-8,10-13,16-17H,9,14-15H2,1-2H3/t16-,17-/m0/s1. The van der Waals surface area contributed by atoms with Crippen LogP contribution in [0.3, 0.4) is 0 Å². The van der Waals surface area contributed by atoms with Gasteiger partial charge in [0.2, 0.25) is 0 Å². The molecular weight excluding hydrogens is 284 g/mol. The molecule has 0 spiro atoms. The van der Waals surface area contributed by atoms with E-state index in [0.717, 1.165) is 19.5 Å². The maximum Gasteiger partial charge on any atom is 0.321 e. The van der Waals surface area contributed by atoms with Crippen molar-refractivity contribution in [2.24, 2.45) is 0 Å². The van der Waals surface area contributed by atoms with E-state index in [2.05, 4.69) is 38.1 Å². The van der Waals surface area contributed by atoms with Crippen LogP contribution in [0.5, 0.6) is 0 Å². The zero-order chi connectivity index (χ0) is 16.2. The van der Waals surface area contributed by atoms with Crippen molar-refractivity contribution in [1.82, 2.24) is 9.80 Å². The van der Waals surface area contributed by atoms with Crippen LogP contribution in [0.25, 0.3) is 0 Å². The molecule has 0 radical (unpaired) electrons. The zero-order valence-electron chi connectivity index (χ0n) is 13.9. The third kappa shape index (κ3) is 3.24. The second-order valence-electron chi connectivity index (χ2n) is 6.20. The second-order valence-corrected chi connectivity index (χ2v) is 6.20. The molecule has 2 aromatic carbocycles. The van der Waals surface area contributed by atoms with Crippen molar-refractivity contribution in [2.75, 3.05) is 13.1 Å². The van der Waals surface area contributed by atoms with Crippen molar-refractivity contribution >= 4 is 6.03 Å². The van der Waals surface area contributed by atoms with Crippen LogP contribution in [-0.4, -0.2) is 28.9 Å². The summed E-state index contributed by atoms with van der Waals surface area (Å²) in [5.41, 5.74) is 2.38. The summed E-state index contributed by atoms with van der Waals surface area (Å²) in [4.78, 5) is 17.0. The highest BCUT2D eigenvalue weighted by molar-refractivity contribution is 5.76. The molecule has 0 bridgehead atoms. The van der Waals surface area contributed by atoms with Gasteiger partial charge >= 0.3 is 6.03 Å². The molecule has 3 heteroatoms. The Hall–Kier alpha value is -2.29. The van der Waals surface area contributed by atoms with Crippen molar-refractivity contribution in [2.45, 2.75) is 32.4 Å². The lowest BCUT2D eigenvalue weighted by Crippen LogP contribution is -2.50. The van der Waals surface area contributed by atoms with Gasteiger partial charge in [0.05, 0.1) is 12.1 Å². The Labute approximate surface area is 138 Å². The molecule has 0 saturated carbocycles. The van der Waals surface area contributed by atoms with E-state index in [-0.39, 0.29) is 18.1 Å². The molecule has 3 rings (SSSR count). The van der Waals surface area contributed by atoms with E-state index >= 15 is 0 Å². The quantitative estimate of drug-likeness (QED) is 0.807. The van der Waals surface area contributed by atoms with Gasteiger partial charge in [-0.15, -0.1) is 0 Å². The molecular formula is C20H24N2O. The van der Waals surface area contributed by atoms with Crippen molar-refractivity contribution in [1.29, 1.82) is 0 Å². The van der Waals surface area contributed by atoms with Gasteiger partial charge < -0.3 is 9.80 Å². The predicted octanol–water partition coefficient (Wildman–Crippen LogP) is 4.64. The molecule has 120 valence electrons. The normalized spacial score (nSPS) is 17.9. The molecule has 0 N–H and O–H groups in total. The van der Waals surface area contributed by atoms with E-state index in [1.807, 2.05) is 46.2 Å². The Morgan fingerprint density at radius 1 is 0.739 bits per heavy atom. The minimum atomic E-state index is 0.106. The van der Waals surface area contributed by atoms with E-state index in [1.165, 1.54) is 11.1 Å². The van der Waals surface area contributed by atoms with Crippen LogP contribution in [0.15, 0.2) is 60.7 Å². The number of amides is 2. The molecule has 1 aliphatic heterocycles. The Bertz CT molecular complexity index is 586. The summed E-state index contributed by atoms with van der Waals surface area (Å²) in [5, 5.41) is 0. The number of nitrogens with zero attached hydrogens (tertiary/aromatic N) is 2. The summed E-state index contributed by atoms with van der Waals surface area (Å²) in [6, 6.07) is 20.9. The fraction of sp³-hybridized carbons (Fsp3) is 0.350. The lowest BCUT2D eigenvalue weighted by molar-refractivity contribution is 0.0955. The Morgan fingerprint density at radius 3 is 1.52 bits per heavy atom. The smallest absolute Gasteiger partial charge is 0.318 e.